The van der Waals surface area contributed by atoms with E-state index in [1.165, 1.54) is 11.1 Å². The molecule has 0 N–H and O–H groups in total. The van der Waals surface area contributed by atoms with Gasteiger partial charge in [-0.15, -0.1) is 0 Å². The molecule has 2 aromatic carbocycles. The Hall–Kier alpha value is -0.314. The molecule has 0 aliphatic heterocycles. The van der Waals surface area contributed by atoms with Gasteiger partial charge in [0.15, 0.2) is 0 Å². The second-order valence-electron chi connectivity index (χ2n) is 5.01. The number of hydrogen-bond acceptors (Lipinski definition) is 0. The van der Waals surface area contributed by atoms with Crippen molar-refractivity contribution < 1.29 is 0 Å². The smallest absolute Gasteiger partial charge is 0.0842 e. The first-order valence-corrected chi connectivity index (χ1v) is 6.76. The normalized spacial score (nSPS) is 24.1. The standard InChI is InChI=1S/C16H15Br.Mg.2H/c1-15(17)12-16(15,13-8-4-2-5-9-13)14-10-6-3-7-11-14;;;/h2-11H,12H2,1H3;;;. The minimum absolute atomic E-state index is 0. The van der Waals surface area contributed by atoms with Gasteiger partial charge in [-0.05, 0) is 24.5 Å². The molecule has 0 radical (unpaired) electrons. The molecule has 2 heteroatoms. The zero-order valence-corrected chi connectivity index (χ0v) is 11.4. The van der Waals surface area contributed by atoms with E-state index in [-0.39, 0.29) is 32.8 Å². The highest BCUT2D eigenvalue weighted by atomic mass is 79.9. The average Bonchev–Trinajstić information content (AvgIpc) is 2.96. The zero-order chi connectivity index (χ0) is 11.9. The van der Waals surface area contributed by atoms with Crippen LogP contribution in [0.25, 0.3) is 0 Å². The number of benzene rings is 2. The van der Waals surface area contributed by atoms with E-state index in [0.29, 0.717) is 0 Å². The van der Waals surface area contributed by atoms with Gasteiger partial charge in [-0.3, -0.25) is 0 Å². The lowest BCUT2D eigenvalue weighted by atomic mass is 9.86. The van der Waals surface area contributed by atoms with Crippen molar-refractivity contribution >= 4 is 39.0 Å². The molecule has 18 heavy (non-hydrogen) atoms. The number of rotatable bonds is 2. The molecule has 0 heterocycles. The van der Waals surface area contributed by atoms with Crippen molar-refractivity contribution in [1.82, 2.24) is 0 Å². The van der Waals surface area contributed by atoms with Crippen LogP contribution in [0.2, 0.25) is 0 Å². The van der Waals surface area contributed by atoms with E-state index < -0.39 is 0 Å². The first kappa shape index (κ1) is 14.1. The Bertz CT molecular complexity index is 480. The summed E-state index contributed by atoms with van der Waals surface area (Å²) >= 11 is 3.88. The van der Waals surface area contributed by atoms with Crippen molar-refractivity contribution in [3.8, 4) is 0 Å². The van der Waals surface area contributed by atoms with Gasteiger partial charge in [0.2, 0.25) is 0 Å². The molecule has 0 saturated heterocycles. The van der Waals surface area contributed by atoms with E-state index in [4.69, 9.17) is 0 Å². The van der Waals surface area contributed by atoms with Crippen molar-refractivity contribution in [3.05, 3.63) is 71.8 Å². The summed E-state index contributed by atoms with van der Waals surface area (Å²) in [7, 11) is 0. The Morgan fingerprint density at radius 1 is 0.833 bits per heavy atom. The number of halogens is 1. The molecule has 1 atom stereocenters. The highest BCUT2D eigenvalue weighted by Gasteiger charge is 2.64. The van der Waals surface area contributed by atoms with Gasteiger partial charge in [0.1, 0.15) is 0 Å². The summed E-state index contributed by atoms with van der Waals surface area (Å²) in [6, 6.07) is 21.6. The molecule has 1 aliphatic rings. The van der Waals surface area contributed by atoms with Crippen molar-refractivity contribution in [1.29, 1.82) is 0 Å². The van der Waals surface area contributed by atoms with Crippen molar-refractivity contribution in [2.75, 3.05) is 0 Å². The van der Waals surface area contributed by atoms with Gasteiger partial charge in [0.25, 0.3) is 0 Å². The van der Waals surface area contributed by atoms with Crippen LogP contribution in [-0.2, 0) is 5.41 Å². The fourth-order valence-electron chi connectivity index (χ4n) is 2.87. The minimum atomic E-state index is 0. The van der Waals surface area contributed by atoms with Crippen LogP contribution in [-0.4, -0.2) is 27.4 Å². The topological polar surface area (TPSA) is 0 Å². The Balaban J connectivity index is 0.00000120. The van der Waals surface area contributed by atoms with Crippen LogP contribution in [0.3, 0.4) is 0 Å². The van der Waals surface area contributed by atoms with E-state index in [0.717, 1.165) is 6.42 Å². The minimum Gasteiger partial charge on any atom is -0.0842 e. The Labute approximate surface area is 133 Å². The lowest BCUT2D eigenvalue weighted by molar-refractivity contribution is 0.788. The van der Waals surface area contributed by atoms with Crippen LogP contribution in [0.1, 0.15) is 24.5 Å². The molecule has 1 aliphatic carbocycles. The molecule has 0 amide bonds. The van der Waals surface area contributed by atoms with E-state index in [1.807, 2.05) is 0 Å². The number of alkyl halides is 1. The molecule has 0 nitrogen and oxygen atoms in total. The third-order valence-electron chi connectivity index (χ3n) is 3.90. The van der Waals surface area contributed by atoms with E-state index >= 15 is 0 Å². The highest BCUT2D eigenvalue weighted by molar-refractivity contribution is 9.10. The van der Waals surface area contributed by atoms with Crippen LogP contribution in [0.5, 0.6) is 0 Å². The molecule has 1 saturated carbocycles. The Morgan fingerprint density at radius 2 is 1.17 bits per heavy atom. The lowest BCUT2D eigenvalue weighted by Crippen LogP contribution is -2.17. The van der Waals surface area contributed by atoms with Crippen molar-refractivity contribution in [3.63, 3.8) is 0 Å². The summed E-state index contributed by atoms with van der Waals surface area (Å²) in [5.74, 6) is 0. The summed E-state index contributed by atoms with van der Waals surface area (Å²) < 4.78 is 0.183. The highest BCUT2D eigenvalue weighted by Crippen LogP contribution is 2.66. The van der Waals surface area contributed by atoms with Crippen LogP contribution in [0.15, 0.2) is 60.7 Å². The summed E-state index contributed by atoms with van der Waals surface area (Å²) in [6.45, 7) is 2.28. The van der Waals surface area contributed by atoms with Gasteiger partial charge >= 0.3 is 23.1 Å². The molecule has 1 unspecified atom stereocenters. The summed E-state index contributed by atoms with van der Waals surface area (Å²) in [6.07, 6.45) is 1.16. The van der Waals surface area contributed by atoms with Crippen LogP contribution in [0.4, 0.5) is 0 Å². The summed E-state index contributed by atoms with van der Waals surface area (Å²) in [5, 5.41) is 0. The molecule has 0 spiro atoms. The summed E-state index contributed by atoms with van der Waals surface area (Å²) in [5.41, 5.74) is 2.96. The van der Waals surface area contributed by atoms with Crippen LogP contribution in [0, 0.1) is 0 Å². The monoisotopic (exact) mass is 312 g/mol. The Morgan fingerprint density at radius 3 is 1.44 bits per heavy atom. The molecule has 3 rings (SSSR count). The van der Waals surface area contributed by atoms with Gasteiger partial charge < -0.3 is 0 Å². The van der Waals surface area contributed by atoms with Crippen LogP contribution < -0.4 is 0 Å². The fraction of sp³-hybridized carbons (Fsp3) is 0.250. The SMILES string of the molecule is CC1(Br)CC1(c1ccccc1)c1ccccc1.[MgH2]. The summed E-state index contributed by atoms with van der Waals surface area (Å²) in [4.78, 5) is 0. The third-order valence-corrected chi connectivity index (χ3v) is 4.85. The van der Waals surface area contributed by atoms with Crippen molar-refractivity contribution in [2.45, 2.75) is 23.1 Å². The van der Waals surface area contributed by atoms with Gasteiger partial charge in [0, 0.05) is 9.74 Å². The molecule has 0 aromatic heterocycles. The molecular weight excluding hydrogens is 296 g/mol. The van der Waals surface area contributed by atoms with Crippen LogP contribution >= 0.6 is 15.9 Å². The maximum absolute atomic E-state index is 3.88. The van der Waals surface area contributed by atoms with E-state index in [1.54, 1.807) is 0 Å². The first-order valence-electron chi connectivity index (χ1n) is 5.97. The third kappa shape index (κ3) is 2.04. The quantitative estimate of drug-likeness (QED) is 0.587. The second-order valence-corrected chi connectivity index (χ2v) is 6.76. The molecule has 0 bridgehead atoms. The van der Waals surface area contributed by atoms with E-state index in [9.17, 15) is 0 Å². The average molecular weight is 314 g/mol. The fourth-order valence-corrected chi connectivity index (χ4v) is 3.75. The maximum atomic E-state index is 3.88. The molecule has 1 fully saturated rings. The first-order chi connectivity index (χ1) is 8.17. The van der Waals surface area contributed by atoms with Gasteiger partial charge in [-0.1, -0.05) is 76.6 Å². The molecule has 90 valence electrons. The van der Waals surface area contributed by atoms with Gasteiger partial charge in [0.05, 0.1) is 0 Å². The largest absolute Gasteiger partial charge is 0.316 e. The predicted octanol–water partition coefficient (Wildman–Crippen LogP) is 3.61. The number of hydrogen-bond donors (Lipinski definition) is 0. The van der Waals surface area contributed by atoms with Gasteiger partial charge in [-0.25, -0.2) is 0 Å². The lowest BCUT2D eigenvalue weighted by Gasteiger charge is -2.20. The molecular formula is C16H17BrMg. The zero-order valence-electron chi connectivity index (χ0n) is 9.86. The van der Waals surface area contributed by atoms with Gasteiger partial charge in [-0.2, -0.15) is 0 Å². The maximum Gasteiger partial charge on any atom is 0.316 e. The Kier molecular flexibility index (Phi) is 3.91. The molecule has 2 aromatic rings. The predicted molar refractivity (Wildman–Crippen MR) is 84.2 cm³/mol. The second kappa shape index (κ2) is 4.99. The van der Waals surface area contributed by atoms with Crippen molar-refractivity contribution in [2.24, 2.45) is 0 Å². The van der Waals surface area contributed by atoms with E-state index in [2.05, 4.69) is 83.5 Å².